The molecule has 0 bridgehead atoms. The van der Waals surface area contributed by atoms with E-state index in [9.17, 15) is 9.18 Å². The van der Waals surface area contributed by atoms with Gasteiger partial charge in [-0.2, -0.15) is 0 Å². The Hall–Kier alpha value is -2.56. The number of hydrogen-bond acceptors (Lipinski definition) is 3. The maximum absolute atomic E-state index is 13.7. The molecule has 1 amide bonds. The topological polar surface area (TPSA) is 47.6 Å². The van der Waals surface area contributed by atoms with Gasteiger partial charge in [-0.25, -0.2) is 4.39 Å². The predicted molar refractivity (Wildman–Crippen MR) is 95.2 cm³/mol. The van der Waals surface area contributed by atoms with Crippen LogP contribution in [0.15, 0.2) is 48.5 Å². The van der Waals surface area contributed by atoms with Crippen LogP contribution < -0.4 is 14.8 Å². The monoisotopic (exact) mass is 345 g/mol. The zero-order valence-electron chi connectivity index (χ0n) is 14.8. The molecule has 0 unspecified atom stereocenters. The number of nitrogens with one attached hydrogen (secondary N) is 1. The molecule has 0 saturated carbocycles. The molecule has 0 fully saturated rings. The Morgan fingerprint density at radius 3 is 2.36 bits per heavy atom. The number of carbonyl (C=O) groups is 1. The summed E-state index contributed by atoms with van der Waals surface area (Å²) in [5, 5.41) is 2.82. The van der Waals surface area contributed by atoms with Gasteiger partial charge in [-0.05, 0) is 50.1 Å². The van der Waals surface area contributed by atoms with Gasteiger partial charge >= 0.3 is 0 Å². The van der Waals surface area contributed by atoms with Crippen LogP contribution in [0.25, 0.3) is 0 Å². The third-order valence-corrected chi connectivity index (χ3v) is 3.53. The fraction of sp³-hybridized carbons (Fsp3) is 0.350. The summed E-state index contributed by atoms with van der Waals surface area (Å²) < 4.78 is 24.7. The maximum atomic E-state index is 13.7. The van der Waals surface area contributed by atoms with Crippen LogP contribution in [0.3, 0.4) is 0 Å². The first-order valence-electron chi connectivity index (χ1n) is 8.44. The number of ether oxygens (including phenoxy) is 2. The Balaban J connectivity index is 1.90. The Bertz CT molecular complexity index is 686. The standard InChI is InChI=1S/C20H24FNO3/c1-4-18(25-19-8-6-5-7-17(19)21)20(23)22-13-15-9-11-16(12-10-15)24-14(2)3/h5-12,14,18H,4,13H2,1-3H3,(H,22,23)/t18-/m1/s1. The minimum atomic E-state index is -0.736. The fourth-order valence-electron chi connectivity index (χ4n) is 2.28. The Morgan fingerprint density at radius 1 is 1.08 bits per heavy atom. The molecule has 0 radical (unpaired) electrons. The molecule has 0 aromatic heterocycles. The highest BCUT2D eigenvalue weighted by molar-refractivity contribution is 5.81. The number of halogens is 1. The molecule has 0 aliphatic rings. The first-order valence-corrected chi connectivity index (χ1v) is 8.44. The molecular weight excluding hydrogens is 321 g/mol. The lowest BCUT2D eigenvalue weighted by Gasteiger charge is -2.17. The summed E-state index contributed by atoms with van der Waals surface area (Å²) in [7, 11) is 0. The van der Waals surface area contributed by atoms with Gasteiger partial charge in [0.05, 0.1) is 6.10 Å². The summed E-state index contributed by atoms with van der Waals surface area (Å²) in [6.45, 7) is 6.13. The Morgan fingerprint density at radius 2 is 1.76 bits per heavy atom. The smallest absolute Gasteiger partial charge is 0.261 e. The lowest BCUT2D eigenvalue weighted by atomic mass is 10.2. The van der Waals surface area contributed by atoms with Crippen LogP contribution in [-0.2, 0) is 11.3 Å². The second-order valence-electron chi connectivity index (χ2n) is 5.97. The van der Waals surface area contributed by atoms with E-state index in [1.807, 2.05) is 45.0 Å². The Labute approximate surface area is 148 Å². The van der Waals surface area contributed by atoms with E-state index in [0.717, 1.165) is 11.3 Å². The molecule has 0 aliphatic carbocycles. The van der Waals surface area contributed by atoms with Gasteiger partial charge in [0.15, 0.2) is 17.7 Å². The summed E-state index contributed by atoms with van der Waals surface area (Å²) in [5.74, 6) is 0.127. The van der Waals surface area contributed by atoms with Gasteiger partial charge in [0.1, 0.15) is 5.75 Å². The van der Waals surface area contributed by atoms with E-state index < -0.39 is 11.9 Å². The van der Waals surface area contributed by atoms with E-state index in [4.69, 9.17) is 9.47 Å². The van der Waals surface area contributed by atoms with Crippen LogP contribution in [0, 0.1) is 5.82 Å². The maximum Gasteiger partial charge on any atom is 0.261 e. The van der Waals surface area contributed by atoms with E-state index in [-0.39, 0.29) is 17.8 Å². The quantitative estimate of drug-likeness (QED) is 0.784. The zero-order valence-corrected chi connectivity index (χ0v) is 14.8. The highest BCUT2D eigenvalue weighted by atomic mass is 19.1. The molecule has 0 aliphatic heterocycles. The van der Waals surface area contributed by atoms with Crippen LogP contribution in [-0.4, -0.2) is 18.1 Å². The van der Waals surface area contributed by atoms with Crippen molar-refractivity contribution in [2.45, 2.75) is 45.9 Å². The van der Waals surface area contributed by atoms with E-state index >= 15 is 0 Å². The third-order valence-electron chi connectivity index (χ3n) is 3.53. The van der Waals surface area contributed by atoms with Crippen LogP contribution in [0.4, 0.5) is 4.39 Å². The van der Waals surface area contributed by atoms with Crippen molar-refractivity contribution >= 4 is 5.91 Å². The highest BCUT2D eigenvalue weighted by Gasteiger charge is 2.19. The summed E-state index contributed by atoms with van der Waals surface area (Å²) >= 11 is 0. The number of carbonyl (C=O) groups excluding carboxylic acids is 1. The van der Waals surface area contributed by atoms with Crippen LogP contribution in [0.5, 0.6) is 11.5 Å². The van der Waals surface area contributed by atoms with Crippen molar-refractivity contribution in [1.82, 2.24) is 5.32 Å². The molecule has 2 aromatic rings. The van der Waals surface area contributed by atoms with Gasteiger partial charge in [-0.15, -0.1) is 0 Å². The van der Waals surface area contributed by atoms with Crippen molar-refractivity contribution in [3.05, 3.63) is 59.9 Å². The summed E-state index contributed by atoms with van der Waals surface area (Å²) in [6, 6.07) is 13.6. The van der Waals surface area contributed by atoms with Crippen molar-refractivity contribution < 1.29 is 18.7 Å². The van der Waals surface area contributed by atoms with E-state index in [0.29, 0.717) is 13.0 Å². The van der Waals surface area contributed by atoms with Crippen molar-refractivity contribution in [3.8, 4) is 11.5 Å². The second-order valence-corrected chi connectivity index (χ2v) is 5.97. The first kappa shape index (κ1) is 18.8. The Kier molecular flexibility index (Phi) is 6.81. The average molecular weight is 345 g/mol. The molecule has 5 heteroatoms. The van der Waals surface area contributed by atoms with Crippen molar-refractivity contribution in [2.24, 2.45) is 0 Å². The van der Waals surface area contributed by atoms with E-state index in [1.165, 1.54) is 12.1 Å². The van der Waals surface area contributed by atoms with Gasteiger partial charge in [0.2, 0.25) is 0 Å². The lowest BCUT2D eigenvalue weighted by molar-refractivity contribution is -0.128. The van der Waals surface area contributed by atoms with E-state index in [1.54, 1.807) is 12.1 Å². The van der Waals surface area contributed by atoms with Crippen LogP contribution in [0.1, 0.15) is 32.8 Å². The van der Waals surface area contributed by atoms with Gasteiger partial charge < -0.3 is 14.8 Å². The average Bonchev–Trinajstić information content (AvgIpc) is 2.59. The molecule has 1 atom stereocenters. The molecule has 2 aromatic carbocycles. The molecule has 0 spiro atoms. The largest absolute Gasteiger partial charge is 0.491 e. The van der Waals surface area contributed by atoms with Gasteiger partial charge in [-0.3, -0.25) is 4.79 Å². The molecule has 1 N–H and O–H groups in total. The zero-order chi connectivity index (χ0) is 18.2. The number of amides is 1. The molecule has 0 heterocycles. The number of para-hydroxylation sites is 1. The molecule has 25 heavy (non-hydrogen) atoms. The van der Waals surface area contributed by atoms with Crippen molar-refractivity contribution in [3.63, 3.8) is 0 Å². The summed E-state index contributed by atoms with van der Waals surface area (Å²) in [5.41, 5.74) is 0.949. The van der Waals surface area contributed by atoms with Crippen molar-refractivity contribution in [1.29, 1.82) is 0 Å². The van der Waals surface area contributed by atoms with Gasteiger partial charge in [-0.1, -0.05) is 31.2 Å². The lowest BCUT2D eigenvalue weighted by Crippen LogP contribution is -2.37. The predicted octanol–water partition coefficient (Wildman–Crippen LogP) is 4.09. The number of hydrogen-bond donors (Lipinski definition) is 1. The third kappa shape index (κ3) is 5.78. The molecule has 4 nitrogen and oxygen atoms in total. The summed E-state index contributed by atoms with van der Waals surface area (Å²) in [4.78, 5) is 12.3. The van der Waals surface area contributed by atoms with E-state index in [2.05, 4.69) is 5.32 Å². The number of rotatable bonds is 8. The normalized spacial score (nSPS) is 11.9. The summed E-state index contributed by atoms with van der Waals surface area (Å²) in [6.07, 6.45) is -0.173. The van der Waals surface area contributed by atoms with Crippen LogP contribution in [0.2, 0.25) is 0 Å². The molecular formula is C20H24FNO3. The molecule has 0 saturated heterocycles. The minimum Gasteiger partial charge on any atom is -0.491 e. The molecule has 2 rings (SSSR count). The fourth-order valence-corrected chi connectivity index (χ4v) is 2.28. The first-order chi connectivity index (χ1) is 12.0. The molecule has 134 valence electrons. The second kappa shape index (κ2) is 9.06. The van der Waals surface area contributed by atoms with Crippen LogP contribution >= 0.6 is 0 Å². The highest BCUT2D eigenvalue weighted by Crippen LogP contribution is 2.18. The minimum absolute atomic E-state index is 0.0830. The van der Waals surface area contributed by atoms with Gasteiger partial charge in [0, 0.05) is 6.54 Å². The van der Waals surface area contributed by atoms with Crippen molar-refractivity contribution in [2.75, 3.05) is 0 Å². The van der Waals surface area contributed by atoms with Gasteiger partial charge in [0.25, 0.3) is 5.91 Å². The number of benzene rings is 2. The SMILES string of the molecule is CC[C@@H](Oc1ccccc1F)C(=O)NCc1ccc(OC(C)C)cc1.